The molecule has 1 amide bonds. The number of aromatic carboxylic acids is 1. The van der Waals surface area contributed by atoms with E-state index in [2.05, 4.69) is 4.98 Å². The van der Waals surface area contributed by atoms with Gasteiger partial charge in [0.15, 0.2) is 0 Å². The number of carbonyl (C=O) groups excluding carboxylic acids is 1. The van der Waals surface area contributed by atoms with Gasteiger partial charge >= 0.3 is 5.97 Å². The zero-order valence-electron chi connectivity index (χ0n) is 10.1. The molecule has 1 aromatic heterocycles. The Bertz CT molecular complexity index is 883. The van der Waals surface area contributed by atoms with Crippen LogP contribution in [0.15, 0.2) is 30.3 Å². The van der Waals surface area contributed by atoms with Crippen molar-refractivity contribution in [1.82, 2.24) is 4.98 Å². The summed E-state index contributed by atoms with van der Waals surface area (Å²) in [6.07, 6.45) is 0. The molecule has 5 nitrogen and oxygen atoms in total. The Hall–Kier alpha value is -2.53. The van der Waals surface area contributed by atoms with E-state index in [4.69, 9.17) is 17.3 Å². The van der Waals surface area contributed by atoms with Gasteiger partial charge < -0.3 is 15.8 Å². The Morgan fingerprint density at radius 2 is 1.95 bits per heavy atom. The summed E-state index contributed by atoms with van der Waals surface area (Å²) in [4.78, 5) is 26.0. The van der Waals surface area contributed by atoms with Gasteiger partial charge in [0, 0.05) is 16.3 Å². The van der Waals surface area contributed by atoms with E-state index in [1.54, 1.807) is 18.2 Å². The molecule has 0 aliphatic rings. The lowest BCUT2D eigenvalue weighted by atomic mass is 10.0. The smallest absolute Gasteiger partial charge is 0.337 e. The van der Waals surface area contributed by atoms with Crippen LogP contribution < -0.4 is 5.73 Å². The van der Waals surface area contributed by atoms with Gasteiger partial charge in [0.1, 0.15) is 0 Å². The van der Waals surface area contributed by atoms with E-state index in [0.29, 0.717) is 16.3 Å². The number of carboxylic acid groups (broad SMARTS) is 1. The van der Waals surface area contributed by atoms with Gasteiger partial charge in [0.2, 0.25) is 0 Å². The van der Waals surface area contributed by atoms with E-state index in [-0.39, 0.29) is 16.1 Å². The van der Waals surface area contributed by atoms with Crippen LogP contribution in [0.1, 0.15) is 20.7 Å². The molecular weight excluding hydrogens is 280 g/mol. The normalized spacial score (nSPS) is 11.1. The third-order valence-electron chi connectivity index (χ3n) is 3.21. The summed E-state index contributed by atoms with van der Waals surface area (Å²) < 4.78 is 0. The average Bonchev–Trinajstić information content (AvgIpc) is 2.76. The maximum absolute atomic E-state index is 11.5. The Labute approximate surface area is 117 Å². The van der Waals surface area contributed by atoms with Crippen LogP contribution in [-0.2, 0) is 0 Å². The van der Waals surface area contributed by atoms with Crippen LogP contribution in [0.3, 0.4) is 0 Å². The van der Waals surface area contributed by atoms with Crippen LogP contribution >= 0.6 is 11.6 Å². The lowest BCUT2D eigenvalue weighted by Crippen LogP contribution is -2.12. The highest BCUT2D eigenvalue weighted by Crippen LogP contribution is 2.34. The van der Waals surface area contributed by atoms with Crippen molar-refractivity contribution in [2.45, 2.75) is 0 Å². The first-order chi connectivity index (χ1) is 9.50. The predicted octanol–water partition coefficient (Wildman–Crippen LogP) is 2.77. The largest absolute Gasteiger partial charge is 0.478 e. The third kappa shape index (κ3) is 1.64. The standard InChI is InChI=1S/C14H9ClN2O3/c15-8-5-7(13(16)18)12-10(11(8)14(19)20)6-3-1-2-4-9(6)17-12/h1-5,17H,(H2,16,18)(H,19,20). The molecule has 0 atom stereocenters. The van der Waals surface area contributed by atoms with Gasteiger partial charge in [-0.15, -0.1) is 0 Å². The molecule has 2 aromatic carbocycles. The lowest BCUT2D eigenvalue weighted by molar-refractivity contribution is 0.0699. The first-order valence-electron chi connectivity index (χ1n) is 5.76. The Kier molecular flexibility index (Phi) is 2.65. The number of aromatic nitrogens is 1. The van der Waals surface area contributed by atoms with Gasteiger partial charge in [-0.3, -0.25) is 4.79 Å². The Morgan fingerprint density at radius 1 is 1.25 bits per heavy atom. The molecule has 1 heterocycles. The molecule has 100 valence electrons. The summed E-state index contributed by atoms with van der Waals surface area (Å²) in [6, 6.07) is 8.43. The van der Waals surface area contributed by atoms with Gasteiger partial charge in [0.05, 0.1) is 21.7 Å². The molecule has 0 radical (unpaired) electrons. The molecule has 0 unspecified atom stereocenters. The SMILES string of the molecule is NC(=O)c1cc(Cl)c(C(=O)O)c2c1[nH]c1ccccc12. The van der Waals surface area contributed by atoms with Crippen LogP contribution in [0.4, 0.5) is 0 Å². The van der Waals surface area contributed by atoms with Crippen molar-refractivity contribution in [3.8, 4) is 0 Å². The van der Waals surface area contributed by atoms with E-state index in [0.717, 1.165) is 5.52 Å². The van der Waals surface area contributed by atoms with Crippen LogP contribution in [0.2, 0.25) is 5.02 Å². The number of nitrogens with two attached hydrogens (primary N) is 1. The second-order valence-electron chi connectivity index (χ2n) is 4.37. The molecule has 0 aliphatic heterocycles. The number of rotatable bonds is 2. The second kappa shape index (κ2) is 4.25. The number of carboxylic acids is 1. The van der Waals surface area contributed by atoms with Crippen molar-refractivity contribution in [1.29, 1.82) is 0 Å². The van der Waals surface area contributed by atoms with Gasteiger partial charge in [-0.2, -0.15) is 0 Å². The number of nitrogens with one attached hydrogen (secondary N) is 1. The van der Waals surface area contributed by atoms with E-state index in [1.165, 1.54) is 6.07 Å². The molecule has 4 N–H and O–H groups in total. The minimum Gasteiger partial charge on any atom is -0.478 e. The number of H-pyrrole nitrogens is 1. The van der Waals surface area contributed by atoms with Crippen molar-refractivity contribution >= 4 is 45.3 Å². The number of fused-ring (bicyclic) bond motifs is 3. The average molecular weight is 289 g/mol. The number of hydrogen-bond acceptors (Lipinski definition) is 2. The van der Waals surface area contributed by atoms with Crippen LogP contribution in [0, 0.1) is 0 Å². The molecule has 0 bridgehead atoms. The first-order valence-corrected chi connectivity index (χ1v) is 6.14. The van der Waals surface area contributed by atoms with Gasteiger partial charge in [-0.05, 0) is 12.1 Å². The van der Waals surface area contributed by atoms with E-state index >= 15 is 0 Å². The fourth-order valence-corrected chi connectivity index (χ4v) is 2.68. The summed E-state index contributed by atoms with van der Waals surface area (Å²) in [6.45, 7) is 0. The van der Waals surface area contributed by atoms with Crippen molar-refractivity contribution < 1.29 is 14.7 Å². The number of primary amides is 1. The quantitative estimate of drug-likeness (QED) is 0.676. The molecule has 0 spiro atoms. The Balaban J connectivity index is 2.63. The summed E-state index contributed by atoms with van der Waals surface area (Å²) in [7, 11) is 0. The molecule has 0 saturated heterocycles. The van der Waals surface area contributed by atoms with Gasteiger partial charge in [-0.1, -0.05) is 29.8 Å². The fourth-order valence-electron chi connectivity index (χ4n) is 2.40. The van der Waals surface area contributed by atoms with Gasteiger partial charge in [0.25, 0.3) is 5.91 Å². The minimum atomic E-state index is -1.15. The van der Waals surface area contributed by atoms with E-state index < -0.39 is 11.9 Å². The van der Waals surface area contributed by atoms with Crippen molar-refractivity contribution in [3.05, 3.63) is 46.5 Å². The molecule has 0 fully saturated rings. The summed E-state index contributed by atoms with van der Waals surface area (Å²) in [5, 5.41) is 10.4. The maximum Gasteiger partial charge on any atom is 0.337 e. The minimum absolute atomic E-state index is 0.0106. The third-order valence-corrected chi connectivity index (χ3v) is 3.51. The lowest BCUT2D eigenvalue weighted by Gasteiger charge is -2.05. The van der Waals surface area contributed by atoms with E-state index in [9.17, 15) is 14.7 Å². The molecule has 3 aromatic rings. The van der Waals surface area contributed by atoms with Crippen LogP contribution in [-0.4, -0.2) is 22.0 Å². The highest BCUT2D eigenvalue weighted by Gasteiger charge is 2.22. The number of para-hydroxylation sites is 1. The Morgan fingerprint density at radius 3 is 2.60 bits per heavy atom. The highest BCUT2D eigenvalue weighted by atomic mass is 35.5. The second-order valence-corrected chi connectivity index (χ2v) is 4.78. The van der Waals surface area contributed by atoms with Crippen LogP contribution in [0.5, 0.6) is 0 Å². The number of hydrogen-bond donors (Lipinski definition) is 3. The first kappa shape index (κ1) is 12.5. The maximum atomic E-state index is 11.5. The molecule has 0 saturated carbocycles. The molecule has 3 rings (SSSR count). The molecule has 0 aliphatic carbocycles. The number of aromatic amines is 1. The highest BCUT2D eigenvalue weighted by molar-refractivity contribution is 6.37. The van der Waals surface area contributed by atoms with Gasteiger partial charge in [-0.25, -0.2) is 4.79 Å². The van der Waals surface area contributed by atoms with Crippen molar-refractivity contribution in [3.63, 3.8) is 0 Å². The number of amides is 1. The van der Waals surface area contributed by atoms with Crippen molar-refractivity contribution in [2.24, 2.45) is 5.73 Å². The molecule has 6 heteroatoms. The topological polar surface area (TPSA) is 96.2 Å². The zero-order valence-corrected chi connectivity index (χ0v) is 10.9. The molecular formula is C14H9ClN2O3. The molecule has 20 heavy (non-hydrogen) atoms. The summed E-state index contributed by atoms with van der Waals surface area (Å²) in [5.74, 6) is -1.82. The number of carbonyl (C=O) groups is 2. The predicted molar refractivity (Wildman–Crippen MR) is 76.3 cm³/mol. The number of halogens is 1. The summed E-state index contributed by atoms with van der Waals surface area (Å²) in [5.41, 5.74) is 6.57. The van der Waals surface area contributed by atoms with Crippen LogP contribution in [0.25, 0.3) is 21.8 Å². The van der Waals surface area contributed by atoms with Crippen molar-refractivity contribution in [2.75, 3.05) is 0 Å². The fraction of sp³-hybridized carbons (Fsp3) is 0. The number of benzene rings is 2. The zero-order chi connectivity index (χ0) is 14.4. The monoisotopic (exact) mass is 288 g/mol. The summed E-state index contributed by atoms with van der Waals surface area (Å²) >= 11 is 6.00. The van der Waals surface area contributed by atoms with E-state index in [1.807, 2.05) is 6.07 Å².